The highest BCUT2D eigenvalue weighted by Crippen LogP contribution is 2.18. The van der Waals surface area contributed by atoms with Gasteiger partial charge in [0.05, 0.1) is 25.4 Å². The standard InChI is InChI=1S/C69H131NO5/c1-3-5-7-9-11-13-15-17-19-21-26-31-35-39-43-47-51-55-59-63-69(74)75-64-60-56-52-48-44-40-36-32-28-25-23-22-24-27-30-34-38-42-46-50-54-58-62-68(73)70-66(65-71)67(72)61-57-53-49-45-41-37-33-29-20-18-16-14-12-10-8-6-4-2/h11,13,17,19,57,61,66-67,71-72H,3-10,12,14-16,18,20-56,58-60,62-65H2,1-2H3,(H,70,73)/b13-11-,19-17-,61-57+. The summed E-state index contributed by atoms with van der Waals surface area (Å²) >= 11 is 0. The number of aliphatic hydroxyl groups excluding tert-OH is 2. The third-order valence-electron chi connectivity index (χ3n) is 15.7. The molecule has 6 heteroatoms. The Kier molecular flexibility index (Phi) is 63.0. The summed E-state index contributed by atoms with van der Waals surface area (Å²) in [6.07, 6.45) is 82.0. The van der Waals surface area contributed by atoms with Crippen molar-refractivity contribution in [3.63, 3.8) is 0 Å². The van der Waals surface area contributed by atoms with Gasteiger partial charge in [-0.25, -0.2) is 0 Å². The number of esters is 1. The number of nitrogens with one attached hydrogen (secondary N) is 1. The first-order chi connectivity index (χ1) is 37.0. The van der Waals surface area contributed by atoms with E-state index in [0.29, 0.717) is 19.4 Å². The first-order valence-electron chi connectivity index (χ1n) is 33.8. The predicted molar refractivity (Wildman–Crippen MR) is 329 cm³/mol. The summed E-state index contributed by atoms with van der Waals surface area (Å²) < 4.78 is 5.50. The van der Waals surface area contributed by atoms with Gasteiger partial charge in [0.2, 0.25) is 5.91 Å². The van der Waals surface area contributed by atoms with E-state index in [4.69, 9.17) is 4.74 Å². The SMILES string of the molecule is CCCCC/C=C\C/C=C\CCCCCCCCCCCC(=O)OCCCCCCCCCCCCCCCCCCCCCCCCC(=O)NC(CO)C(O)/C=C/CCCCCCCCCCCCCCCCC. The van der Waals surface area contributed by atoms with Crippen LogP contribution in [-0.2, 0) is 14.3 Å². The fraction of sp³-hybridized carbons (Fsp3) is 0.884. The maximum absolute atomic E-state index is 12.5. The van der Waals surface area contributed by atoms with Crippen LogP contribution in [0.3, 0.4) is 0 Å². The quantitative estimate of drug-likeness (QED) is 0.0320. The third-order valence-corrected chi connectivity index (χ3v) is 15.7. The number of carbonyl (C=O) groups excluding carboxylic acids is 2. The molecule has 0 aromatic carbocycles. The summed E-state index contributed by atoms with van der Waals surface area (Å²) in [6.45, 7) is 4.90. The van der Waals surface area contributed by atoms with Gasteiger partial charge in [0.15, 0.2) is 0 Å². The average Bonchev–Trinajstić information content (AvgIpc) is 3.41. The van der Waals surface area contributed by atoms with Gasteiger partial charge in [-0.05, 0) is 64.2 Å². The Morgan fingerprint density at radius 3 is 1.04 bits per heavy atom. The van der Waals surface area contributed by atoms with E-state index in [9.17, 15) is 19.8 Å². The Hall–Kier alpha value is -1.92. The molecule has 0 bridgehead atoms. The van der Waals surface area contributed by atoms with Crippen LogP contribution in [-0.4, -0.2) is 47.4 Å². The second kappa shape index (κ2) is 64.6. The topological polar surface area (TPSA) is 95.9 Å². The van der Waals surface area contributed by atoms with E-state index in [1.807, 2.05) is 6.08 Å². The number of hydrogen-bond acceptors (Lipinski definition) is 5. The maximum atomic E-state index is 12.5. The molecule has 0 radical (unpaired) electrons. The lowest BCUT2D eigenvalue weighted by Crippen LogP contribution is -2.45. The zero-order valence-corrected chi connectivity index (χ0v) is 50.5. The normalized spacial score (nSPS) is 12.7. The molecule has 0 aliphatic carbocycles. The van der Waals surface area contributed by atoms with E-state index in [0.717, 1.165) is 51.4 Å². The minimum Gasteiger partial charge on any atom is -0.466 e. The highest BCUT2D eigenvalue weighted by Gasteiger charge is 2.18. The number of ether oxygens (including phenoxy) is 1. The van der Waals surface area contributed by atoms with Gasteiger partial charge < -0.3 is 20.3 Å². The molecule has 2 atom stereocenters. The molecule has 0 aromatic heterocycles. The maximum Gasteiger partial charge on any atom is 0.305 e. The lowest BCUT2D eigenvalue weighted by Gasteiger charge is -2.20. The summed E-state index contributed by atoms with van der Waals surface area (Å²) in [5.74, 6) is -0.0564. The van der Waals surface area contributed by atoms with E-state index < -0.39 is 12.1 Å². The van der Waals surface area contributed by atoms with Gasteiger partial charge in [0.1, 0.15) is 0 Å². The molecule has 0 heterocycles. The second-order valence-corrected chi connectivity index (χ2v) is 23.2. The van der Waals surface area contributed by atoms with Gasteiger partial charge in [0.25, 0.3) is 0 Å². The molecule has 0 aromatic rings. The van der Waals surface area contributed by atoms with Crippen molar-refractivity contribution in [3.8, 4) is 0 Å². The molecule has 0 rings (SSSR count). The molecule has 75 heavy (non-hydrogen) atoms. The van der Waals surface area contributed by atoms with E-state index in [1.165, 1.54) is 289 Å². The Morgan fingerprint density at radius 1 is 0.373 bits per heavy atom. The van der Waals surface area contributed by atoms with Crippen molar-refractivity contribution < 1.29 is 24.5 Å². The van der Waals surface area contributed by atoms with Crippen LogP contribution >= 0.6 is 0 Å². The minimum absolute atomic E-state index is 0.00934. The lowest BCUT2D eigenvalue weighted by atomic mass is 10.0. The fourth-order valence-corrected chi connectivity index (χ4v) is 10.5. The number of aliphatic hydroxyl groups is 2. The lowest BCUT2D eigenvalue weighted by molar-refractivity contribution is -0.143. The summed E-state index contributed by atoms with van der Waals surface area (Å²) in [4.78, 5) is 24.6. The van der Waals surface area contributed by atoms with Gasteiger partial charge in [-0.1, -0.05) is 326 Å². The molecule has 1 amide bonds. The van der Waals surface area contributed by atoms with Crippen molar-refractivity contribution in [3.05, 3.63) is 36.5 Å². The van der Waals surface area contributed by atoms with Crippen LogP contribution in [0.15, 0.2) is 36.5 Å². The highest BCUT2D eigenvalue weighted by atomic mass is 16.5. The molecule has 6 nitrogen and oxygen atoms in total. The van der Waals surface area contributed by atoms with Crippen LogP contribution < -0.4 is 5.32 Å². The van der Waals surface area contributed by atoms with Crippen LogP contribution in [0.2, 0.25) is 0 Å². The van der Waals surface area contributed by atoms with Gasteiger partial charge in [-0.2, -0.15) is 0 Å². The number of amides is 1. The largest absolute Gasteiger partial charge is 0.466 e. The van der Waals surface area contributed by atoms with Crippen molar-refractivity contribution in [2.45, 2.75) is 379 Å². The fourth-order valence-electron chi connectivity index (χ4n) is 10.5. The Bertz CT molecular complexity index is 1210. The zero-order valence-electron chi connectivity index (χ0n) is 50.5. The van der Waals surface area contributed by atoms with Crippen molar-refractivity contribution in [2.24, 2.45) is 0 Å². The van der Waals surface area contributed by atoms with E-state index in [1.54, 1.807) is 6.08 Å². The predicted octanol–water partition coefficient (Wildman–Crippen LogP) is 21.5. The number of hydrogen-bond donors (Lipinski definition) is 3. The Labute approximate surface area is 468 Å². The first kappa shape index (κ1) is 73.1. The van der Waals surface area contributed by atoms with Gasteiger partial charge in [0, 0.05) is 12.8 Å². The Balaban J connectivity index is 3.39. The summed E-state index contributed by atoms with van der Waals surface area (Å²) in [6, 6.07) is -0.629. The highest BCUT2D eigenvalue weighted by molar-refractivity contribution is 5.76. The number of unbranched alkanes of at least 4 members (excludes halogenated alkanes) is 48. The molecular formula is C69H131NO5. The van der Waals surface area contributed by atoms with Crippen LogP contribution in [0.1, 0.15) is 367 Å². The smallest absolute Gasteiger partial charge is 0.305 e. The van der Waals surface area contributed by atoms with Crippen molar-refractivity contribution >= 4 is 11.9 Å². The monoisotopic (exact) mass is 1050 g/mol. The molecular weight excluding hydrogens is 923 g/mol. The van der Waals surface area contributed by atoms with Crippen LogP contribution in [0.25, 0.3) is 0 Å². The summed E-state index contributed by atoms with van der Waals surface area (Å²) in [5, 5.41) is 23.2. The van der Waals surface area contributed by atoms with E-state index in [2.05, 4.69) is 43.5 Å². The number of rotatable bonds is 63. The number of carbonyl (C=O) groups is 2. The molecule has 0 aliphatic rings. The minimum atomic E-state index is -0.845. The average molecular weight is 1050 g/mol. The molecule has 0 aliphatic heterocycles. The van der Waals surface area contributed by atoms with Crippen molar-refractivity contribution in [1.29, 1.82) is 0 Å². The van der Waals surface area contributed by atoms with Gasteiger partial charge in [-0.15, -0.1) is 0 Å². The molecule has 0 saturated carbocycles. The van der Waals surface area contributed by atoms with E-state index >= 15 is 0 Å². The van der Waals surface area contributed by atoms with E-state index in [-0.39, 0.29) is 18.5 Å². The summed E-state index contributed by atoms with van der Waals surface area (Å²) in [7, 11) is 0. The molecule has 0 fully saturated rings. The third kappa shape index (κ3) is 61.2. The van der Waals surface area contributed by atoms with Crippen molar-refractivity contribution in [2.75, 3.05) is 13.2 Å². The first-order valence-corrected chi connectivity index (χ1v) is 33.8. The van der Waals surface area contributed by atoms with Gasteiger partial charge in [-0.3, -0.25) is 9.59 Å². The molecule has 3 N–H and O–H groups in total. The van der Waals surface area contributed by atoms with Crippen LogP contribution in [0.4, 0.5) is 0 Å². The molecule has 0 spiro atoms. The second-order valence-electron chi connectivity index (χ2n) is 23.2. The van der Waals surface area contributed by atoms with Crippen LogP contribution in [0.5, 0.6) is 0 Å². The number of allylic oxidation sites excluding steroid dienone is 5. The zero-order chi connectivity index (χ0) is 54.3. The summed E-state index contributed by atoms with van der Waals surface area (Å²) in [5.41, 5.74) is 0. The molecule has 2 unspecified atom stereocenters. The molecule has 442 valence electrons. The molecule has 0 saturated heterocycles. The Morgan fingerprint density at radius 2 is 0.667 bits per heavy atom. The van der Waals surface area contributed by atoms with Crippen molar-refractivity contribution in [1.82, 2.24) is 5.32 Å². The van der Waals surface area contributed by atoms with Crippen LogP contribution in [0, 0.1) is 0 Å². The van der Waals surface area contributed by atoms with Gasteiger partial charge >= 0.3 is 5.97 Å².